The fraction of sp³-hybridized carbons (Fsp3) is 0.286. The van der Waals surface area contributed by atoms with Crippen LogP contribution >= 0.6 is 11.6 Å². The van der Waals surface area contributed by atoms with Crippen molar-refractivity contribution in [2.75, 3.05) is 5.32 Å². The summed E-state index contributed by atoms with van der Waals surface area (Å²) in [5, 5.41) is 7.11. The smallest absolute Gasteiger partial charge is 0.226 e. The van der Waals surface area contributed by atoms with Crippen LogP contribution < -0.4 is 5.32 Å². The third-order valence-electron chi connectivity index (χ3n) is 2.88. The van der Waals surface area contributed by atoms with Crippen LogP contribution in [0.15, 0.2) is 30.5 Å². The number of aryl methyl sites for hydroxylation is 1. The number of carbonyl (C=O) groups is 1. The fourth-order valence-electron chi connectivity index (χ4n) is 1.83. The molecule has 1 aromatic carbocycles. The third kappa shape index (κ3) is 3.57. The second-order valence-corrected chi connectivity index (χ2v) is 5.07. The van der Waals surface area contributed by atoms with Gasteiger partial charge in [-0.25, -0.2) is 4.39 Å². The predicted octanol–water partition coefficient (Wildman–Crippen LogP) is 3.57. The standard InChI is InChI=1S/C14H15ClFN3O/c1-9-5-6-19(18-9)10(2)7-14(20)17-13-4-3-11(16)8-12(13)15/h3-6,8,10H,7H2,1-2H3,(H,17,20). The maximum atomic E-state index is 12.9. The molecular weight excluding hydrogens is 281 g/mol. The van der Waals surface area contributed by atoms with Crippen molar-refractivity contribution >= 4 is 23.2 Å². The number of hydrogen-bond acceptors (Lipinski definition) is 2. The number of anilines is 1. The molecule has 0 fully saturated rings. The number of rotatable bonds is 4. The van der Waals surface area contributed by atoms with E-state index >= 15 is 0 Å². The van der Waals surface area contributed by atoms with E-state index in [1.807, 2.05) is 26.1 Å². The summed E-state index contributed by atoms with van der Waals surface area (Å²) in [6.07, 6.45) is 2.09. The summed E-state index contributed by atoms with van der Waals surface area (Å²) in [4.78, 5) is 11.9. The van der Waals surface area contributed by atoms with Gasteiger partial charge in [0.05, 0.1) is 22.4 Å². The van der Waals surface area contributed by atoms with Gasteiger partial charge in [-0.1, -0.05) is 11.6 Å². The van der Waals surface area contributed by atoms with Gasteiger partial charge in [0, 0.05) is 12.6 Å². The Kier molecular flexibility index (Phi) is 4.39. The number of amides is 1. The van der Waals surface area contributed by atoms with Crippen LogP contribution in [0.3, 0.4) is 0 Å². The summed E-state index contributed by atoms with van der Waals surface area (Å²) in [6.45, 7) is 3.79. The van der Waals surface area contributed by atoms with E-state index in [9.17, 15) is 9.18 Å². The third-order valence-corrected chi connectivity index (χ3v) is 3.19. The van der Waals surface area contributed by atoms with Gasteiger partial charge in [-0.3, -0.25) is 9.48 Å². The molecule has 1 heterocycles. The number of nitrogens with zero attached hydrogens (tertiary/aromatic N) is 2. The predicted molar refractivity (Wildman–Crippen MR) is 76.3 cm³/mol. The van der Waals surface area contributed by atoms with E-state index in [1.54, 1.807) is 4.68 Å². The molecule has 0 saturated heterocycles. The first-order valence-corrected chi connectivity index (χ1v) is 6.60. The minimum Gasteiger partial charge on any atom is -0.325 e. The van der Waals surface area contributed by atoms with Crippen molar-refractivity contribution in [1.29, 1.82) is 0 Å². The lowest BCUT2D eigenvalue weighted by Gasteiger charge is -2.13. The van der Waals surface area contributed by atoms with Gasteiger partial charge in [0.15, 0.2) is 0 Å². The lowest BCUT2D eigenvalue weighted by molar-refractivity contribution is -0.116. The molecule has 0 bridgehead atoms. The van der Waals surface area contributed by atoms with Crippen LogP contribution in [0.5, 0.6) is 0 Å². The van der Waals surface area contributed by atoms with Crippen LogP contribution in [-0.2, 0) is 4.79 Å². The summed E-state index contributed by atoms with van der Waals surface area (Å²) < 4.78 is 14.6. The van der Waals surface area contributed by atoms with Crippen molar-refractivity contribution in [2.24, 2.45) is 0 Å². The van der Waals surface area contributed by atoms with Gasteiger partial charge in [0.1, 0.15) is 5.82 Å². The first-order chi connectivity index (χ1) is 9.45. The maximum absolute atomic E-state index is 12.9. The average Bonchev–Trinajstić information content (AvgIpc) is 2.79. The van der Waals surface area contributed by atoms with Crippen molar-refractivity contribution in [3.8, 4) is 0 Å². The molecule has 1 aromatic heterocycles. The van der Waals surface area contributed by atoms with Crippen LogP contribution in [0.25, 0.3) is 0 Å². The van der Waals surface area contributed by atoms with E-state index in [0.29, 0.717) is 5.69 Å². The highest BCUT2D eigenvalue weighted by Crippen LogP contribution is 2.23. The minimum absolute atomic E-state index is 0.0667. The van der Waals surface area contributed by atoms with E-state index in [4.69, 9.17) is 11.6 Å². The van der Waals surface area contributed by atoms with E-state index < -0.39 is 5.82 Å². The minimum atomic E-state index is -0.437. The Bertz CT molecular complexity index is 627. The number of nitrogens with one attached hydrogen (secondary N) is 1. The van der Waals surface area contributed by atoms with Crippen molar-refractivity contribution in [3.05, 3.63) is 47.0 Å². The highest BCUT2D eigenvalue weighted by molar-refractivity contribution is 6.33. The van der Waals surface area contributed by atoms with Crippen LogP contribution in [0, 0.1) is 12.7 Å². The van der Waals surface area contributed by atoms with Gasteiger partial charge in [-0.15, -0.1) is 0 Å². The summed E-state index contributed by atoms with van der Waals surface area (Å²) in [5.74, 6) is -0.632. The molecule has 0 saturated carbocycles. The largest absolute Gasteiger partial charge is 0.325 e. The van der Waals surface area contributed by atoms with Crippen molar-refractivity contribution in [1.82, 2.24) is 9.78 Å². The van der Waals surface area contributed by atoms with E-state index in [0.717, 1.165) is 11.8 Å². The lowest BCUT2D eigenvalue weighted by atomic mass is 10.2. The molecule has 1 amide bonds. The highest BCUT2D eigenvalue weighted by atomic mass is 35.5. The molecular formula is C14H15ClFN3O. The zero-order valence-electron chi connectivity index (χ0n) is 11.2. The summed E-state index contributed by atoms with van der Waals surface area (Å²) in [6, 6.07) is 5.67. The molecule has 6 heteroatoms. The zero-order valence-corrected chi connectivity index (χ0v) is 12.0. The molecule has 0 aliphatic heterocycles. The van der Waals surface area contributed by atoms with Crippen LogP contribution in [0.4, 0.5) is 10.1 Å². The van der Waals surface area contributed by atoms with Crippen LogP contribution in [0.1, 0.15) is 25.1 Å². The zero-order chi connectivity index (χ0) is 14.7. The van der Waals surface area contributed by atoms with Crippen molar-refractivity contribution in [3.63, 3.8) is 0 Å². The van der Waals surface area contributed by atoms with Crippen molar-refractivity contribution in [2.45, 2.75) is 26.3 Å². The normalized spacial score (nSPS) is 12.2. The second kappa shape index (κ2) is 6.05. The van der Waals surface area contributed by atoms with Gasteiger partial charge in [0.2, 0.25) is 5.91 Å². The molecule has 1 atom stereocenters. The lowest BCUT2D eigenvalue weighted by Crippen LogP contribution is -2.18. The summed E-state index contributed by atoms with van der Waals surface area (Å²) in [7, 11) is 0. The molecule has 0 aliphatic carbocycles. The molecule has 1 unspecified atom stereocenters. The van der Waals surface area contributed by atoms with E-state index in [1.165, 1.54) is 12.1 Å². The quantitative estimate of drug-likeness (QED) is 0.937. The van der Waals surface area contributed by atoms with Gasteiger partial charge in [-0.2, -0.15) is 5.10 Å². The summed E-state index contributed by atoms with van der Waals surface area (Å²) in [5.41, 5.74) is 1.31. The molecule has 106 valence electrons. The Morgan fingerprint density at radius 1 is 1.50 bits per heavy atom. The van der Waals surface area contributed by atoms with Gasteiger partial charge < -0.3 is 5.32 Å². The van der Waals surface area contributed by atoms with E-state index in [2.05, 4.69) is 10.4 Å². The van der Waals surface area contributed by atoms with Crippen LogP contribution in [-0.4, -0.2) is 15.7 Å². The first-order valence-electron chi connectivity index (χ1n) is 6.22. The Morgan fingerprint density at radius 2 is 2.25 bits per heavy atom. The summed E-state index contributed by atoms with van der Waals surface area (Å²) >= 11 is 5.86. The van der Waals surface area contributed by atoms with Gasteiger partial charge >= 0.3 is 0 Å². The number of benzene rings is 1. The fourth-order valence-corrected chi connectivity index (χ4v) is 2.05. The Hall–Kier alpha value is -1.88. The Morgan fingerprint density at radius 3 is 2.85 bits per heavy atom. The van der Waals surface area contributed by atoms with Gasteiger partial charge in [-0.05, 0) is 38.1 Å². The molecule has 2 aromatic rings. The molecule has 20 heavy (non-hydrogen) atoms. The molecule has 0 radical (unpaired) electrons. The Balaban J connectivity index is 1.98. The first kappa shape index (κ1) is 14.5. The number of carbonyl (C=O) groups excluding carboxylic acids is 1. The SMILES string of the molecule is Cc1ccn(C(C)CC(=O)Nc2ccc(F)cc2Cl)n1. The average molecular weight is 296 g/mol. The number of hydrogen-bond donors (Lipinski definition) is 1. The Labute approximate surface area is 121 Å². The van der Waals surface area contributed by atoms with Gasteiger partial charge in [0.25, 0.3) is 0 Å². The molecule has 1 N–H and O–H groups in total. The molecule has 4 nitrogen and oxygen atoms in total. The topological polar surface area (TPSA) is 46.9 Å². The second-order valence-electron chi connectivity index (χ2n) is 4.66. The van der Waals surface area contributed by atoms with Crippen molar-refractivity contribution < 1.29 is 9.18 Å². The monoisotopic (exact) mass is 295 g/mol. The number of aromatic nitrogens is 2. The highest BCUT2D eigenvalue weighted by Gasteiger charge is 2.13. The molecule has 2 rings (SSSR count). The molecule has 0 spiro atoms. The molecule has 0 aliphatic rings. The maximum Gasteiger partial charge on any atom is 0.226 e. The van der Waals surface area contributed by atoms with Crippen LogP contribution in [0.2, 0.25) is 5.02 Å². The van der Waals surface area contributed by atoms with E-state index in [-0.39, 0.29) is 23.4 Å². The number of halogens is 2.